The van der Waals surface area contributed by atoms with E-state index >= 15 is 0 Å². The lowest BCUT2D eigenvalue weighted by atomic mass is 10.1. The molecule has 0 unspecified atom stereocenters. The summed E-state index contributed by atoms with van der Waals surface area (Å²) >= 11 is 0. The maximum absolute atomic E-state index is 11.5. The van der Waals surface area contributed by atoms with Crippen LogP contribution in [0.1, 0.15) is 10.4 Å². The zero-order valence-corrected chi connectivity index (χ0v) is 15.5. The molecule has 0 amide bonds. The summed E-state index contributed by atoms with van der Waals surface area (Å²) < 4.78 is 16.9. The number of anilines is 2. The van der Waals surface area contributed by atoms with E-state index in [1.165, 1.54) is 6.07 Å². The Kier molecular flexibility index (Phi) is 5.53. The second kappa shape index (κ2) is 8.57. The Bertz CT molecular complexity index is 1020. The van der Waals surface area contributed by atoms with Crippen LogP contribution in [0.4, 0.5) is 11.6 Å². The molecule has 2 N–H and O–H groups in total. The Balaban J connectivity index is 1.70. The van der Waals surface area contributed by atoms with Crippen LogP contribution in [0, 0.1) is 0 Å². The summed E-state index contributed by atoms with van der Waals surface area (Å²) in [5, 5.41) is 12.5. The predicted octanol–water partition coefficient (Wildman–Crippen LogP) is 3.37. The number of carboxylic acid groups (broad SMARTS) is 1. The van der Waals surface area contributed by atoms with Crippen molar-refractivity contribution in [3.05, 3.63) is 60.3 Å². The Hall–Kier alpha value is -3.65. The zero-order chi connectivity index (χ0) is 20.1. The van der Waals surface area contributed by atoms with Gasteiger partial charge in [-0.15, -0.1) is 0 Å². The fourth-order valence-corrected chi connectivity index (χ4v) is 2.88. The van der Waals surface area contributed by atoms with Gasteiger partial charge in [-0.1, -0.05) is 12.1 Å². The highest BCUT2D eigenvalue weighted by atomic mass is 16.5. The number of aromatic nitrogens is 2. The fraction of sp³-hybridized carbons (Fsp3) is 0.190. The summed E-state index contributed by atoms with van der Waals surface area (Å²) in [5.41, 5.74) is 2.31. The first kappa shape index (κ1) is 18.7. The van der Waals surface area contributed by atoms with Gasteiger partial charge in [0.15, 0.2) is 0 Å². The maximum atomic E-state index is 11.5. The lowest BCUT2D eigenvalue weighted by molar-refractivity contribution is 0.0672. The van der Waals surface area contributed by atoms with Gasteiger partial charge in [0.05, 0.1) is 18.9 Å². The molecule has 1 aliphatic heterocycles. The van der Waals surface area contributed by atoms with E-state index in [9.17, 15) is 9.90 Å². The van der Waals surface area contributed by atoms with Crippen molar-refractivity contribution in [1.82, 2.24) is 9.97 Å². The third-order valence-electron chi connectivity index (χ3n) is 4.24. The molecule has 0 radical (unpaired) electrons. The highest BCUT2D eigenvalue weighted by Crippen LogP contribution is 2.27. The van der Waals surface area contributed by atoms with Crippen LogP contribution in [0.2, 0.25) is 0 Å². The molecule has 0 spiro atoms. The van der Waals surface area contributed by atoms with Crippen molar-refractivity contribution in [1.29, 1.82) is 0 Å². The minimum absolute atomic E-state index is 0.0718. The molecule has 2 heterocycles. The Labute approximate surface area is 167 Å². The van der Waals surface area contributed by atoms with Crippen LogP contribution in [0.15, 0.2) is 54.7 Å². The normalized spacial score (nSPS) is 13.9. The largest absolute Gasteiger partial charge is 0.491 e. The van der Waals surface area contributed by atoms with Crippen LogP contribution in [-0.2, 0) is 4.74 Å². The molecular weight excluding hydrogens is 374 g/mol. The number of carboxylic acids is 1. The number of hydrogen-bond acceptors (Lipinski definition) is 7. The second-order valence-electron chi connectivity index (χ2n) is 6.24. The molecule has 6 bridgehead atoms. The van der Waals surface area contributed by atoms with E-state index in [0.717, 1.165) is 17.0 Å². The minimum atomic E-state index is -1.07. The van der Waals surface area contributed by atoms with Crippen LogP contribution in [0.3, 0.4) is 0 Å². The van der Waals surface area contributed by atoms with Crippen molar-refractivity contribution in [3.8, 4) is 22.8 Å². The molecule has 0 saturated heterocycles. The van der Waals surface area contributed by atoms with E-state index in [1.807, 2.05) is 30.3 Å². The van der Waals surface area contributed by atoms with Crippen molar-refractivity contribution < 1.29 is 24.1 Å². The summed E-state index contributed by atoms with van der Waals surface area (Å²) in [6, 6.07) is 14.2. The molecule has 0 saturated carbocycles. The van der Waals surface area contributed by atoms with Gasteiger partial charge in [0.2, 0.25) is 5.95 Å². The number of hydrogen-bond donors (Lipinski definition) is 2. The van der Waals surface area contributed by atoms with E-state index in [-0.39, 0.29) is 17.9 Å². The number of aromatic carboxylic acids is 1. The molecule has 0 atom stereocenters. The van der Waals surface area contributed by atoms with Gasteiger partial charge >= 0.3 is 5.97 Å². The van der Waals surface area contributed by atoms with E-state index in [2.05, 4.69) is 15.3 Å². The number of nitrogens with one attached hydrogen (secondary N) is 1. The molecule has 1 aliphatic rings. The zero-order valence-electron chi connectivity index (χ0n) is 15.5. The topological polar surface area (TPSA) is 103 Å². The molecule has 8 nitrogen and oxygen atoms in total. The van der Waals surface area contributed by atoms with Crippen LogP contribution in [0.25, 0.3) is 11.3 Å². The summed E-state index contributed by atoms with van der Waals surface area (Å²) in [4.78, 5) is 20.3. The number of fused-ring (bicyclic) bond motifs is 7. The fourth-order valence-electron chi connectivity index (χ4n) is 2.88. The van der Waals surface area contributed by atoms with Gasteiger partial charge in [-0.3, -0.25) is 0 Å². The van der Waals surface area contributed by atoms with Gasteiger partial charge in [0, 0.05) is 23.5 Å². The molecule has 0 fully saturated rings. The van der Waals surface area contributed by atoms with Crippen LogP contribution in [0.5, 0.6) is 11.5 Å². The van der Waals surface area contributed by atoms with Crippen molar-refractivity contribution in [2.24, 2.45) is 0 Å². The minimum Gasteiger partial charge on any atom is -0.491 e. The number of nitrogens with zero attached hydrogens (tertiary/aromatic N) is 2. The lowest BCUT2D eigenvalue weighted by Crippen LogP contribution is -2.13. The van der Waals surface area contributed by atoms with Crippen molar-refractivity contribution in [2.45, 2.75) is 0 Å². The summed E-state index contributed by atoms with van der Waals surface area (Å²) in [7, 11) is 0. The van der Waals surface area contributed by atoms with E-state index < -0.39 is 5.97 Å². The van der Waals surface area contributed by atoms with Gasteiger partial charge in [-0.25, -0.2) is 14.8 Å². The smallest absolute Gasteiger partial charge is 0.339 e. The monoisotopic (exact) mass is 393 g/mol. The quantitative estimate of drug-likeness (QED) is 0.649. The molecule has 0 aliphatic carbocycles. The van der Waals surface area contributed by atoms with Crippen LogP contribution < -0.4 is 14.8 Å². The van der Waals surface area contributed by atoms with Gasteiger partial charge < -0.3 is 24.6 Å². The van der Waals surface area contributed by atoms with Crippen molar-refractivity contribution >= 4 is 17.6 Å². The first-order valence-electron chi connectivity index (χ1n) is 9.10. The Morgan fingerprint density at radius 3 is 2.72 bits per heavy atom. The van der Waals surface area contributed by atoms with Crippen molar-refractivity contribution in [3.63, 3.8) is 0 Å². The molecule has 148 valence electrons. The predicted molar refractivity (Wildman–Crippen MR) is 106 cm³/mol. The summed E-state index contributed by atoms with van der Waals surface area (Å²) in [5.74, 6) is 0.284. The highest BCUT2D eigenvalue weighted by molar-refractivity contribution is 5.91. The van der Waals surface area contributed by atoms with Gasteiger partial charge in [-0.2, -0.15) is 0 Å². The SMILES string of the molecule is O=C(O)c1ccc2cc1OCCOCCOc1cccc(c1)-c1ccnc(n1)N2. The van der Waals surface area contributed by atoms with E-state index in [4.69, 9.17) is 14.2 Å². The molecule has 29 heavy (non-hydrogen) atoms. The average molecular weight is 393 g/mol. The number of carbonyl (C=O) groups is 1. The van der Waals surface area contributed by atoms with Gasteiger partial charge in [0.1, 0.15) is 30.3 Å². The lowest BCUT2D eigenvalue weighted by Gasteiger charge is -2.12. The molecule has 1 aromatic heterocycles. The first-order chi connectivity index (χ1) is 14.2. The maximum Gasteiger partial charge on any atom is 0.339 e. The molecular formula is C21H19N3O5. The van der Waals surface area contributed by atoms with Crippen LogP contribution >= 0.6 is 0 Å². The third-order valence-corrected chi connectivity index (χ3v) is 4.24. The van der Waals surface area contributed by atoms with E-state index in [0.29, 0.717) is 31.5 Å². The highest BCUT2D eigenvalue weighted by Gasteiger charge is 2.13. The summed E-state index contributed by atoms with van der Waals surface area (Å²) in [6.07, 6.45) is 1.66. The second-order valence-corrected chi connectivity index (χ2v) is 6.24. The summed E-state index contributed by atoms with van der Waals surface area (Å²) in [6.45, 7) is 1.30. The van der Waals surface area contributed by atoms with E-state index in [1.54, 1.807) is 18.3 Å². The molecule has 8 heteroatoms. The number of rotatable bonds is 1. The molecule has 3 aromatic rings. The molecule has 2 aromatic carbocycles. The molecule has 4 rings (SSSR count). The van der Waals surface area contributed by atoms with Crippen LogP contribution in [-0.4, -0.2) is 47.5 Å². The Morgan fingerprint density at radius 2 is 1.86 bits per heavy atom. The first-order valence-corrected chi connectivity index (χ1v) is 9.10. The third kappa shape index (κ3) is 4.61. The van der Waals surface area contributed by atoms with Crippen molar-refractivity contribution in [2.75, 3.05) is 31.7 Å². The number of ether oxygens (including phenoxy) is 3. The van der Waals surface area contributed by atoms with Gasteiger partial charge in [0.25, 0.3) is 0 Å². The average Bonchev–Trinajstić information content (AvgIpc) is 2.73. The number of benzene rings is 2. The standard InChI is InChI=1S/C21H19N3O5/c25-20(26)17-5-4-15-13-19(17)29-11-9-27-8-10-28-16-3-1-2-14(12-16)18-6-7-22-21(23-15)24-18/h1-7,12-13H,8-11H2,(H,25,26)(H,22,23,24). The van der Waals surface area contributed by atoms with Gasteiger partial charge in [-0.05, 0) is 30.3 Å². The Morgan fingerprint density at radius 1 is 1.00 bits per heavy atom.